The quantitative estimate of drug-likeness (QED) is 0.417. The number of hydrogen-bond donors (Lipinski definition) is 2. The Labute approximate surface area is 174 Å². The number of fused-ring (bicyclic) bond motifs is 1. The first-order valence-electron chi connectivity index (χ1n) is 9.93. The molecule has 1 aliphatic carbocycles. The average molecular weight is 411 g/mol. The second-order valence-electron chi connectivity index (χ2n) is 7.41. The maximum absolute atomic E-state index is 12.4. The van der Waals surface area contributed by atoms with Gasteiger partial charge in [-0.05, 0) is 48.3 Å². The minimum absolute atomic E-state index is 0.142. The molecule has 0 bridgehead atoms. The van der Waals surface area contributed by atoms with E-state index in [0.29, 0.717) is 25.7 Å². The summed E-state index contributed by atoms with van der Waals surface area (Å²) in [5, 5.41) is 20.4. The van der Waals surface area contributed by atoms with Gasteiger partial charge in [-0.25, -0.2) is 0 Å². The van der Waals surface area contributed by atoms with Crippen molar-refractivity contribution in [1.82, 2.24) is 0 Å². The van der Waals surface area contributed by atoms with Crippen LogP contribution in [0, 0.1) is 5.92 Å². The average Bonchev–Trinajstić information content (AvgIpc) is 3.23. The maximum atomic E-state index is 12.4. The highest BCUT2D eigenvalue weighted by Crippen LogP contribution is 2.34. The van der Waals surface area contributed by atoms with Crippen molar-refractivity contribution < 1.29 is 19.8 Å². The molecule has 0 amide bonds. The Kier molecular flexibility index (Phi) is 7.18. The monoisotopic (exact) mass is 410 g/mol. The highest BCUT2D eigenvalue weighted by molar-refractivity contribution is 7.19. The van der Waals surface area contributed by atoms with E-state index in [-0.39, 0.29) is 18.1 Å². The topological polar surface area (TPSA) is 74.6 Å². The molecule has 1 aromatic heterocycles. The molecule has 2 aromatic rings. The van der Waals surface area contributed by atoms with Crippen LogP contribution in [0.25, 0.3) is 10.1 Å². The zero-order valence-corrected chi connectivity index (χ0v) is 17.3. The summed E-state index contributed by atoms with van der Waals surface area (Å²) in [5.41, 5.74) is 1.79. The van der Waals surface area contributed by atoms with Gasteiger partial charge in [-0.1, -0.05) is 49.4 Å². The van der Waals surface area contributed by atoms with Crippen LogP contribution in [0.5, 0.6) is 0 Å². The molecule has 4 nitrogen and oxygen atoms in total. The van der Waals surface area contributed by atoms with Crippen molar-refractivity contribution in [2.45, 2.75) is 45.1 Å². The molecule has 3 rings (SSSR count). The second kappa shape index (κ2) is 9.81. The minimum Gasteiger partial charge on any atom is -0.481 e. The number of aliphatic hydroxyl groups excluding tert-OH is 1. The van der Waals surface area contributed by atoms with E-state index in [2.05, 4.69) is 0 Å². The fourth-order valence-electron chi connectivity index (χ4n) is 3.59. The number of benzene rings is 1. The molecule has 2 N–H and O–H groups in total. The highest BCUT2D eigenvalue weighted by Gasteiger charge is 2.26. The van der Waals surface area contributed by atoms with Crippen LogP contribution in [0.3, 0.4) is 0 Å². The molecular formula is C24H26O4S. The van der Waals surface area contributed by atoms with Crippen LogP contribution in [0.2, 0.25) is 0 Å². The summed E-state index contributed by atoms with van der Waals surface area (Å²) >= 11 is 1.58. The minimum atomic E-state index is -0.787. The lowest BCUT2D eigenvalue weighted by Gasteiger charge is -2.06. The molecule has 1 aromatic carbocycles. The van der Waals surface area contributed by atoms with Crippen molar-refractivity contribution in [2.24, 2.45) is 5.92 Å². The lowest BCUT2D eigenvalue weighted by Crippen LogP contribution is -1.95. The van der Waals surface area contributed by atoms with Gasteiger partial charge in [0.05, 0.1) is 0 Å². The van der Waals surface area contributed by atoms with E-state index in [1.54, 1.807) is 17.4 Å². The Morgan fingerprint density at radius 3 is 2.86 bits per heavy atom. The molecule has 0 radical (unpaired) electrons. The van der Waals surface area contributed by atoms with Crippen LogP contribution in [0.4, 0.5) is 0 Å². The molecule has 1 unspecified atom stereocenters. The SMILES string of the molecule is CC1CC(=O)C(CC=CCCCC(=O)O)=C1C=C[C@@H](O)c1cc2ccccc2s1. The smallest absolute Gasteiger partial charge is 0.303 e. The Bertz CT molecular complexity index is 947. The van der Waals surface area contributed by atoms with Gasteiger partial charge in [0.1, 0.15) is 6.10 Å². The number of carbonyl (C=O) groups excluding carboxylic acids is 1. The first-order chi connectivity index (χ1) is 14.0. The van der Waals surface area contributed by atoms with Gasteiger partial charge in [0.25, 0.3) is 0 Å². The lowest BCUT2D eigenvalue weighted by atomic mass is 10.0. The summed E-state index contributed by atoms with van der Waals surface area (Å²) in [7, 11) is 0. The van der Waals surface area contributed by atoms with E-state index in [1.165, 1.54) is 0 Å². The van der Waals surface area contributed by atoms with Crippen LogP contribution < -0.4 is 0 Å². The number of rotatable bonds is 9. The van der Waals surface area contributed by atoms with Crippen LogP contribution in [-0.2, 0) is 9.59 Å². The van der Waals surface area contributed by atoms with Crippen molar-refractivity contribution in [1.29, 1.82) is 0 Å². The normalized spacial score (nSPS) is 18.6. The predicted molar refractivity (Wildman–Crippen MR) is 117 cm³/mol. The number of Topliss-reactive ketones (excluding diaryl/α,β-unsaturated/α-hetero) is 1. The molecule has 0 saturated carbocycles. The van der Waals surface area contributed by atoms with Crippen LogP contribution in [0.1, 0.15) is 50.0 Å². The number of aliphatic hydroxyl groups is 1. The molecule has 1 heterocycles. The molecule has 29 heavy (non-hydrogen) atoms. The van der Waals surface area contributed by atoms with E-state index < -0.39 is 12.1 Å². The van der Waals surface area contributed by atoms with Gasteiger partial charge in [-0.3, -0.25) is 9.59 Å². The van der Waals surface area contributed by atoms with Gasteiger partial charge in [0.15, 0.2) is 5.78 Å². The number of carboxylic acid groups (broad SMARTS) is 1. The van der Waals surface area contributed by atoms with Crippen molar-refractivity contribution >= 4 is 33.2 Å². The Morgan fingerprint density at radius 1 is 1.31 bits per heavy atom. The predicted octanol–water partition coefficient (Wildman–Crippen LogP) is 5.60. The summed E-state index contributed by atoms with van der Waals surface area (Å²) < 4.78 is 1.15. The number of allylic oxidation sites excluding steroid dienone is 5. The van der Waals surface area contributed by atoms with Gasteiger partial charge in [-0.2, -0.15) is 0 Å². The van der Waals surface area contributed by atoms with E-state index >= 15 is 0 Å². The van der Waals surface area contributed by atoms with Gasteiger partial charge < -0.3 is 10.2 Å². The number of aliphatic carboxylic acids is 1. The van der Waals surface area contributed by atoms with Crippen molar-refractivity contribution in [3.8, 4) is 0 Å². The molecule has 1 aliphatic rings. The van der Waals surface area contributed by atoms with Crippen LogP contribution in [0.15, 0.2) is 65.8 Å². The van der Waals surface area contributed by atoms with Crippen molar-refractivity contribution in [3.05, 3.63) is 70.7 Å². The summed E-state index contributed by atoms with van der Waals surface area (Å²) in [4.78, 5) is 23.8. The molecule has 0 fully saturated rings. The van der Waals surface area contributed by atoms with E-state index in [1.807, 2.05) is 55.5 Å². The third-order valence-electron chi connectivity index (χ3n) is 5.15. The highest BCUT2D eigenvalue weighted by atomic mass is 32.1. The third kappa shape index (κ3) is 5.52. The largest absolute Gasteiger partial charge is 0.481 e. The molecule has 152 valence electrons. The second-order valence-corrected chi connectivity index (χ2v) is 8.53. The standard InChI is InChI=1S/C24H26O4S/c1-16-14-21(26)19(9-4-2-3-5-11-24(27)28)18(16)12-13-20(25)23-15-17-8-6-7-10-22(17)29-23/h2,4,6-8,10,12-13,15-16,20,25H,3,5,9,11,14H2,1H3,(H,27,28)/t16?,20-/m1/s1. The Balaban J connectivity index is 1.68. The van der Waals surface area contributed by atoms with Crippen LogP contribution >= 0.6 is 11.3 Å². The molecule has 2 atom stereocenters. The number of unbranched alkanes of at least 4 members (excludes halogenated alkanes) is 1. The number of carbonyl (C=O) groups is 2. The summed E-state index contributed by atoms with van der Waals surface area (Å²) in [6.45, 7) is 2.03. The van der Waals surface area contributed by atoms with Gasteiger partial charge in [-0.15, -0.1) is 11.3 Å². The fraction of sp³-hybridized carbons (Fsp3) is 0.333. The molecule has 0 aliphatic heterocycles. The lowest BCUT2D eigenvalue weighted by molar-refractivity contribution is -0.137. The zero-order valence-electron chi connectivity index (χ0n) is 16.5. The van der Waals surface area contributed by atoms with Crippen LogP contribution in [-0.4, -0.2) is 22.0 Å². The number of thiophene rings is 1. The van der Waals surface area contributed by atoms with Crippen molar-refractivity contribution in [2.75, 3.05) is 0 Å². The van der Waals surface area contributed by atoms with E-state index in [4.69, 9.17) is 5.11 Å². The maximum Gasteiger partial charge on any atom is 0.303 e. The number of carboxylic acids is 1. The molecule has 0 spiro atoms. The fourth-order valence-corrected chi connectivity index (χ4v) is 4.62. The van der Waals surface area contributed by atoms with Crippen molar-refractivity contribution in [3.63, 3.8) is 0 Å². The first kappa shape index (κ1) is 21.2. The molecule has 0 saturated heterocycles. The van der Waals surface area contributed by atoms with E-state index in [9.17, 15) is 14.7 Å². The van der Waals surface area contributed by atoms with E-state index in [0.717, 1.165) is 26.1 Å². The summed E-state index contributed by atoms with van der Waals surface area (Å²) in [6, 6.07) is 10.1. The first-order valence-corrected chi connectivity index (χ1v) is 10.7. The molecular weight excluding hydrogens is 384 g/mol. The number of ketones is 1. The van der Waals surface area contributed by atoms with Gasteiger partial charge in [0.2, 0.25) is 0 Å². The Morgan fingerprint density at radius 2 is 2.10 bits per heavy atom. The third-order valence-corrected chi connectivity index (χ3v) is 6.34. The Hall–Kier alpha value is -2.50. The summed E-state index contributed by atoms with van der Waals surface area (Å²) in [5.74, 6) is -0.488. The summed E-state index contributed by atoms with van der Waals surface area (Å²) in [6.07, 6.45) is 9.37. The van der Waals surface area contributed by atoms with Gasteiger partial charge >= 0.3 is 5.97 Å². The zero-order chi connectivity index (χ0) is 20.8. The molecule has 5 heteroatoms. The van der Waals surface area contributed by atoms with Gasteiger partial charge in [0, 0.05) is 28.0 Å². The number of hydrogen-bond acceptors (Lipinski definition) is 4.